The lowest BCUT2D eigenvalue weighted by atomic mass is 9.90. The molecular weight excluding hydrogens is 508 g/mol. The Kier molecular flexibility index (Phi) is 6.80. The van der Waals surface area contributed by atoms with Gasteiger partial charge in [-0.05, 0) is 41.8 Å². The van der Waals surface area contributed by atoms with Gasteiger partial charge in [-0.1, -0.05) is 67.9 Å². The fourth-order valence-electron chi connectivity index (χ4n) is 4.24. The highest BCUT2D eigenvalue weighted by Crippen LogP contribution is 2.58. The number of carboxylic acids is 1. The minimum absolute atomic E-state index is 0.00292. The Morgan fingerprint density at radius 2 is 1.71 bits per heavy atom. The Balaban J connectivity index is 1.67. The largest absolute Gasteiger partial charge is 0.480 e. The van der Waals surface area contributed by atoms with E-state index in [9.17, 15) is 23.1 Å². The van der Waals surface area contributed by atoms with Crippen molar-refractivity contribution in [3.8, 4) is 10.4 Å². The quantitative estimate of drug-likeness (QED) is 0.380. The van der Waals surface area contributed by atoms with Crippen LogP contribution in [0.5, 0.6) is 0 Å². The van der Waals surface area contributed by atoms with Crippen LogP contribution in [0.15, 0.2) is 70.9 Å². The van der Waals surface area contributed by atoms with E-state index in [0.717, 1.165) is 16.9 Å². The van der Waals surface area contributed by atoms with Crippen molar-refractivity contribution in [1.82, 2.24) is 10.0 Å². The van der Waals surface area contributed by atoms with Crippen molar-refractivity contribution in [3.63, 3.8) is 0 Å². The number of hydrogen-bond donors (Lipinski definition) is 3. The molecule has 0 saturated heterocycles. The first-order valence-electron chi connectivity index (χ1n) is 11.0. The van der Waals surface area contributed by atoms with Gasteiger partial charge in [-0.15, -0.1) is 11.3 Å². The van der Waals surface area contributed by atoms with Crippen LogP contribution >= 0.6 is 22.9 Å². The van der Waals surface area contributed by atoms with Crippen molar-refractivity contribution in [2.75, 3.05) is 6.54 Å². The lowest BCUT2D eigenvalue weighted by molar-refractivity contribution is -0.141. The molecule has 1 aliphatic carbocycles. The Morgan fingerprint density at radius 3 is 2.31 bits per heavy atom. The van der Waals surface area contributed by atoms with Gasteiger partial charge in [0, 0.05) is 27.8 Å². The predicted octanol–water partition coefficient (Wildman–Crippen LogP) is 4.28. The van der Waals surface area contributed by atoms with E-state index in [0.29, 0.717) is 15.5 Å². The minimum atomic E-state index is -4.18. The maximum atomic E-state index is 13.4. The zero-order valence-corrected chi connectivity index (χ0v) is 21.5. The molecule has 4 rings (SSSR count). The van der Waals surface area contributed by atoms with Crippen LogP contribution in [0.4, 0.5) is 0 Å². The fourth-order valence-corrected chi connectivity index (χ4v) is 7.11. The van der Waals surface area contributed by atoms with Crippen LogP contribution < -0.4 is 10.0 Å². The summed E-state index contributed by atoms with van der Waals surface area (Å²) in [4.78, 5) is 25.6. The highest BCUT2D eigenvalue weighted by atomic mass is 35.5. The molecule has 10 heteroatoms. The van der Waals surface area contributed by atoms with Gasteiger partial charge in [0.1, 0.15) is 9.75 Å². The molecule has 2 aromatic carbocycles. The summed E-state index contributed by atoms with van der Waals surface area (Å²) in [6, 6.07) is 19.0. The van der Waals surface area contributed by atoms with Gasteiger partial charge < -0.3 is 10.4 Å². The smallest absolute Gasteiger partial charge is 0.325 e. The Morgan fingerprint density at radius 1 is 1.06 bits per heavy atom. The highest BCUT2D eigenvalue weighted by Gasteiger charge is 2.74. The van der Waals surface area contributed by atoms with Crippen molar-refractivity contribution in [1.29, 1.82) is 0 Å². The average Bonchev–Trinajstić information content (AvgIpc) is 3.20. The summed E-state index contributed by atoms with van der Waals surface area (Å²) in [5.41, 5.74) is -1.49. The molecule has 1 aliphatic rings. The summed E-state index contributed by atoms with van der Waals surface area (Å²) in [6.45, 7) is 3.46. The van der Waals surface area contributed by atoms with Crippen molar-refractivity contribution in [3.05, 3.63) is 77.3 Å². The van der Waals surface area contributed by atoms with Crippen LogP contribution in [-0.2, 0) is 25.0 Å². The van der Waals surface area contributed by atoms with Gasteiger partial charge in [0.25, 0.3) is 10.0 Å². The lowest BCUT2D eigenvalue weighted by Crippen LogP contribution is -2.51. The molecule has 3 aromatic rings. The summed E-state index contributed by atoms with van der Waals surface area (Å²) in [7, 11) is -4.18. The Hall–Kier alpha value is -2.72. The summed E-state index contributed by atoms with van der Waals surface area (Å²) < 4.78 is 29.3. The van der Waals surface area contributed by atoms with Crippen LogP contribution in [0.1, 0.15) is 25.8 Å². The van der Waals surface area contributed by atoms with E-state index >= 15 is 0 Å². The topological polar surface area (TPSA) is 113 Å². The number of benzene rings is 2. The van der Waals surface area contributed by atoms with E-state index in [4.69, 9.17) is 11.6 Å². The third-order valence-electron chi connectivity index (χ3n) is 6.32. The van der Waals surface area contributed by atoms with Crippen molar-refractivity contribution >= 4 is 44.8 Å². The summed E-state index contributed by atoms with van der Waals surface area (Å²) in [6.07, 6.45) is 0.00632. The normalized spacial score (nSPS) is 21.6. The predicted molar refractivity (Wildman–Crippen MR) is 136 cm³/mol. The van der Waals surface area contributed by atoms with E-state index in [1.165, 1.54) is 6.07 Å². The van der Waals surface area contributed by atoms with Gasteiger partial charge in [-0.3, -0.25) is 9.59 Å². The number of rotatable bonds is 9. The molecule has 1 heterocycles. The molecule has 0 aliphatic heterocycles. The van der Waals surface area contributed by atoms with E-state index in [-0.39, 0.29) is 29.0 Å². The molecule has 2 unspecified atom stereocenters. The third-order valence-corrected chi connectivity index (χ3v) is 9.69. The molecule has 184 valence electrons. The minimum Gasteiger partial charge on any atom is -0.480 e. The number of aliphatic carboxylic acids is 1. The standard InChI is InChI=1S/C25H25ClN2O5S2/c1-16(2)22(29)27-15-24(18-6-4-3-5-7-18)14-25(24,23(30)31)28-35(32,33)21-13-12-20(34-21)17-8-10-19(26)11-9-17/h3-13,16,28H,14-15H2,1-2H3,(H,27,29)(H,30,31). The molecule has 35 heavy (non-hydrogen) atoms. The number of nitrogens with one attached hydrogen (secondary N) is 2. The van der Waals surface area contributed by atoms with E-state index in [1.54, 1.807) is 74.5 Å². The summed E-state index contributed by atoms with van der Waals surface area (Å²) in [5, 5.41) is 13.6. The molecule has 0 radical (unpaired) electrons. The highest BCUT2D eigenvalue weighted by molar-refractivity contribution is 7.91. The zero-order chi connectivity index (χ0) is 25.4. The van der Waals surface area contributed by atoms with E-state index in [2.05, 4.69) is 10.0 Å². The molecule has 0 spiro atoms. The molecule has 3 N–H and O–H groups in total. The molecule has 1 amide bonds. The molecule has 2 atom stereocenters. The average molecular weight is 533 g/mol. The number of carbonyl (C=O) groups excluding carboxylic acids is 1. The molecule has 7 nitrogen and oxygen atoms in total. The molecule has 1 aromatic heterocycles. The summed E-state index contributed by atoms with van der Waals surface area (Å²) >= 11 is 6.98. The van der Waals surface area contributed by atoms with Crippen molar-refractivity contribution in [2.45, 2.75) is 35.4 Å². The van der Waals surface area contributed by atoms with Gasteiger partial charge in [-0.25, -0.2) is 8.42 Å². The van der Waals surface area contributed by atoms with E-state index in [1.807, 2.05) is 0 Å². The van der Waals surface area contributed by atoms with Crippen LogP contribution in [0.25, 0.3) is 10.4 Å². The molecule has 1 fully saturated rings. The van der Waals surface area contributed by atoms with Crippen LogP contribution in [0.3, 0.4) is 0 Å². The first-order valence-corrected chi connectivity index (χ1v) is 13.6. The second kappa shape index (κ2) is 9.39. The second-order valence-electron chi connectivity index (χ2n) is 8.94. The molecular formula is C25H25ClN2O5S2. The summed E-state index contributed by atoms with van der Waals surface area (Å²) in [5.74, 6) is -1.83. The maximum Gasteiger partial charge on any atom is 0.325 e. The number of carbonyl (C=O) groups is 2. The van der Waals surface area contributed by atoms with Crippen LogP contribution in [-0.4, -0.2) is 37.5 Å². The first-order chi connectivity index (χ1) is 16.5. The molecule has 1 saturated carbocycles. The van der Waals surface area contributed by atoms with Gasteiger partial charge >= 0.3 is 5.97 Å². The third kappa shape index (κ3) is 4.73. The SMILES string of the molecule is CC(C)C(=O)NCC1(c2ccccc2)CC1(NS(=O)(=O)c1ccc(-c2ccc(Cl)cc2)s1)C(=O)O. The Bertz CT molecular complexity index is 1360. The molecule has 0 bridgehead atoms. The van der Waals surface area contributed by atoms with Gasteiger partial charge in [-0.2, -0.15) is 4.72 Å². The number of thiophene rings is 1. The number of halogens is 1. The Labute approximate surface area is 213 Å². The second-order valence-corrected chi connectivity index (χ2v) is 12.4. The number of carboxylic acid groups (broad SMARTS) is 1. The number of hydrogen-bond acceptors (Lipinski definition) is 5. The van der Waals surface area contributed by atoms with Crippen LogP contribution in [0.2, 0.25) is 5.02 Å². The zero-order valence-electron chi connectivity index (χ0n) is 19.1. The van der Waals surface area contributed by atoms with Crippen molar-refractivity contribution in [2.24, 2.45) is 5.92 Å². The van der Waals surface area contributed by atoms with Gasteiger partial charge in [0.05, 0.1) is 0 Å². The number of amides is 1. The lowest BCUT2D eigenvalue weighted by Gasteiger charge is -2.25. The maximum absolute atomic E-state index is 13.4. The van der Waals surface area contributed by atoms with Gasteiger partial charge in [0.15, 0.2) is 0 Å². The first kappa shape index (κ1) is 25.4. The van der Waals surface area contributed by atoms with Crippen LogP contribution in [0, 0.1) is 5.92 Å². The number of sulfonamides is 1. The van der Waals surface area contributed by atoms with Gasteiger partial charge in [0.2, 0.25) is 5.91 Å². The van der Waals surface area contributed by atoms with E-state index < -0.39 is 26.9 Å². The monoisotopic (exact) mass is 532 g/mol. The fraction of sp³-hybridized carbons (Fsp3) is 0.280. The van der Waals surface area contributed by atoms with Crippen molar-refractivity contribution < 1.29 is 23.1 Å².